The summed E-state index contributed by atoms with van der Waals surface area (Å²) >= 11 is 12.6. The van der Waals surface area contributed by atoms with Gasteiger partial charge >= 0.3 is 0 Å². The highest BCUT2D eigenvalue weighted by molar-refractivity contribution is 6.33. The van der Waals surface area contributed by atoms with Crippen molar-refractivity contribution in [3.8, 4) is 0 Å². The summed E-state index contributed by atoms with van der Waals surface area (Å²) in [5.41, 5.74) is 0.614. The van der Waals surface area contributed by atoms with Crippen LogP contribution in [-0.4, -0.2) is 81.2 Å². The van der Waals surface area contributed by atoms with Gasteiger partial charge in [0.1, 0.15) is 10.0 Å². The lowest BCUT2D eigenvalue weighted by molar-refractivity contribution is 0.207. The summed E-state index contributed by atoms with van der Waals surface area (Å²) < 4.78 is 2.67. The average Bonchev–Trinajstić information content (AvgIpc) is 3.06. The van der Waals surface area contributed by atoms with Crippen LogP contribution >= 0.6 is 23.2 Å². The van der Waals surface area contributed by atoms with Gasteiger partial charge in [0.2, 0.25) is 0 Å². The summed E-state index contributed by atoms with van der Waals surface area (Å²) in [5, 5.41) is 15.6. The Morgan fingerprint density at radius 1 is 0.857 bits per heavy atom. The van der Waals surface area contributed by atoms with Crippen LogP contribution in [0.4, 0.5) is 11.4 Å². The molecule has 4 rings (SSSR count). The van der Waals surface area contributed by atoms with Crippen LogP contribution in [0.2, 0.25) is 10.0 Å². The van der Waals surface area contributed by atoms with Crippen molar-refractivity contribution in [1.29, 1.82) is 0 Å². The van der Waals surface area contributed by atoms with Crippen LogP contribution in [0, 0.1) is 0 Å². The van der Waals surface area contributed by atoms with Crippen molar-refractivity contribution in [2.24, 2.45) is 7.05 Å². The van der Waals surface area contributed by atoms with Crippen LogP contribution in [0.5, 0.6) is 0 Å². The zero-order valence-corrected chi connectivity index (χ0v) is 21.9. The molecule has 1 atom stereocenters. The molecule has 0 amide bonds. The molecule has 0 spiro atoms. The number of halogens is 2. The topological polar surface area (TPSA) is 100 Å². The number of piperidine rings is 1. The van der Waals surface area contributed by atoms with Gasteiger partial charge in [0.05, 0.1) is 30.3 Å². The highest BCUT2D eigenvalue weighted by Crippen LogP contribution is 2.22. The Bertz CT molecular complexity index is 1130. The van der Waals surface area contributed by atoms with Crippen molar-refractivity contribution < 1.29 is 0 Å². The molecule has 2 fully saturated rings. The summed E-state index contributed by atoms with van der Waals surface area (Å²) in [4.78, 5) is 29.4. The van der Waals surface area contributed by atoms with Crippen molar-refractivity contribution in [2.75, 3.05) is 50.4 Å². The Balaban J connectivity index is 1.28. The second-order valence-corrected chi connectivity index (χ2v) is 10.3. The van der Waals surface area contributed by atoms with Crippen LogP contribution in [0.25, 0.3) is 0 Å². The first-order valence-electron chi connectivity index (χ1n) is 12.2. The summed E-state index contributed by atoms with van der Waals surface area (Å²) in [7, 11) is 3.69. The van der Waals surface area contributed by atoms with Gasteiger partial charge in [0.25, 0.3) is 11.1 Å². The molecule has 0 aromatic carbocycles. The van der Waals surface area contributed by atoms with Gasteiger partial charge in [-0.05, 0) is 39.3 Å². The number of aromatic nitrogens is 4. The molecule has 2 aromatic rings. The Morgan fingerprint density at radius 3 is 2.26 bits per heavy atom. The Morgan fingerprint density at radius 2 is 1.51 bits per heavy atom. The molecule has 10 nitrogen and oxygen atoms in total. The zero-order chi connectivity index (χ0) is 24.9. The summed E-state index contributed by atoms with van der Waals surface area (Å²) in [6.45, 7) is 4.94. The molecular weight excluding hydrogens is 491 g/mol. The Kier molecular flexibility index (Phi) is 8.69. The minimum atomic E-state index is -0.312. The molecule has 0 bridgehead atoms. The number of likely N-dealkylation sites (tertiary alicyclic amines) is 2. The van der Waals surface area contributed by atoms with E-state index >= 15 is 0 Å². The van der Waals surface area contributed by atoms with Gasteiger partial charge in [0, 0.05) is 45.3 Å². The number of hydrogen-bond acceptors (Lipinski definition) is 8. The molecule has 0 aliphatic carbocycles. The van der Waals surface area contributed by atoms with Gasteiger partial charge < -0.3 is 20.4 Å². The molecule has 0 radical (unpaired) electrons. The first-order valence-corrected chi connectivity index (χ1v) is 13.0. The van der Waals surface area contributed by atoms with Gasteiger partial charge in [-0.3, -0.25) is 9.59 Å². The maximum atomic E-state index is 12.8. The van der Waals surface area contributed by atoms with E-state index in [-0.39, 0.29) is 33.2 Å². The lowest BCUT2D eigenvalue weighted by Gasteiger charge is -2.32. The molecular formula is C23H34Cl2N8O2. The quantitative estimate of drug-likeness (QED) is 0.567. The predicted octanol–water partition coefficient (Wildman–Crippen LogP) is 2.12. The van der Waals surface area contributed by atoms with E-state index in [9.17, 15) is 9.59 Å². The summed E-state index contributed by atoms with van der Waals surface area (Å²) in [5.74, 6) is 0. The summed E-state index contributed by atoms with van der Waals surface area (Å²) in [6, 6.07) is 0.470. The number of nitrogens with one attached hydrogen (secondary N) is 2. The van der Waals surface area contributed by atoms with Gasteiger partial charge in [-0.25, -0.2) is 9.36 Å². The fourth-order valence-electron chi connectivity index (χ4n) is 4.76. The monoisotopic (exact) mass is 524 g/mol. The molecule has 12 heteroatoms. The largest absolute Gasteiger partial charge is 0.380 e. The third-order valence-corrected chi connectivity index (χ3v) is 7.60. The minimum absolute atomic E-state index is 0.163. The van der Waals surface area contributed by atoms with Gasteiger partial charge in [-0.1, -0.05) is 29.6 Å². The van der Waals surface area contributed by atoms with Crippen molar-refractivity contribution in [2.45, 2.75) is 50.7 Å². The maximum absolute atomic E-state index is 12.8. The standard InChI is InChI=1S/C23H34Cl2N8O2/c1-30-8-4-3-5-17(15-30)29-19-14-27-33(23(35)21(19)25)12-11-32-9-6-16(7-10-32)28-18-13-26-31(2)22(34)20(18)24/h13-14,16-17,28-29H,3-12,15H2,1-2H3. The van der Waals surface area contributed by atoms with Crippen LogP contribution in [0.3, 0.4) is 0 Å². The highest BCUT2D eigenvalue weighted by Gasteiger charge is 2.22. The smallest absolute Gasteiger partial charge is 0.287 e. The van der Waals surface area contributed by atoms with Crippen LogP contribution in [0.15, 0.2) is 22.0 Å². The number of rotatable bonds is 7. The molecule has 1 unspecified atom stereocenters. The number of hydrogen-bond donors (Lipinski definition) is 2. The van der Waals surface area contributed by atoms with Crippen LogP contribution in [0.1, 0.15) is 32.1 Å². The second kappa shape index (κ2) is 11.7. The third-order valence-electron chi connectivity index (χ3n) is 6.87. The number of anilines is 2. The van der Waals surface area contributed by atoms with Crippen molar-refractivity contribution in [1.82, 2.24) is 29.4 Å². The highest BCUT2D eigenvalue weighted by atomic mass is 35.5. The number of likely N-dealkylation sites (N-methyl/N-ethyl adjacent to an activating group) is 1. The van der Waals surface area contributed by atoms with E-state index < -0.39 is 0 Å². The average molecular weight is 525 g/mol. The predicted molar refractivity (Wildman–Crippen MR) is 140 cm³/mol. The molecule has 0 saturated carbocycles. The second-order valence-electron chi connectivity index (χ2n) is 9.56. The first-order chi connectivity index (χ1) is 16.8. The van der Waals surface area contributed by atoms with E-state index in [0.717, 1.165) is 51.9 Å². The van der Waals surface area contributed by atoms with E-state index in [1.807, 2.05) is 0 Å². The molecule has 192 valence electrons. The van der Waals surface area contributed by atoms with Gasteiger partial charge in [-0.2, -0.15) is 10.2 Å². The van der Waals surface area contributed by atoms with Crippen molar-refractivity contribution in [3.63, 3.8) is 0 Å². The molecule has 2 aliphatic rings. The molecule has 2 N–H and O–H groups in total. The van der Waals surface area contributed by atoms with Crippen LogP contribution in [-0.2, 0) is 13.6 Å². The lowest BCUT2D eigenvalue weighted by Crippen LogP contribution is -2.41. The lowest BCUT2D eigenvalue weighted by atomic mass is 10.0. The first kappa shape index (κ1) is 25.9. The van der Waals surface area contributed by atoms with Gasteiger partial charge in [-0.15, -0.1) is 0 Å². The van der Waals surface area contributed by atoms with E-state index in [0.29, 0.717) is 24.5 Å². The number of aryl methyl sites for hydroxylation is 1. The SMILES string of the molecule is CN1CCCCC(Nc2cnn(CCN3CCC(Nc4cnn(C)c(=O)c4Cl)CC3)c(=O)c2Cl)C1. The minimum Gasteiger partial charge on any atom is -0.380 e. The van der Waals surface area contributed by atoms with E-state index in [4.69, 9.17) is 23.2 Å². The fraction of sp³-hybridized carbons (Fsp3) is 0.652. The normalized spacial score (nSPS) is 20.5. The molecule has 2 saturated heterocycles. The van der Waals surface area contributed by atoms with E-state index in [1.165, 1.54) is 15.8 Å². The van der Waals surface area contributed by atoms with Crippen molar-refractivity contribution in [3.05, 3.63) is 43.1 Å². The Labute approximate surface area is 215 Å². The van der Waals surface area contributed by atoms with Gasteiger partial charge in [0.15, 0.2) is 0 Å². The molecule has 2 aromatic heterocycles. The number of nitrogens with zero attached hydrogens (tertiary/aromatic N) is 6. The van der Waals surface area contributed by atoms with E-state index in [2.05, 4.69) is 37.7 Å². The summed E-state index contributed by atoms with van der Waals surface area (Å²) in [6.07, 6.45) is 8.45. The molecule has 35 heavy (non-hydrogen) atoms. The fourth-order valence-corrected chi connectivity index (χ4v) is 5.19. The van der Waals surface area contributed by atoms with Crippen LogP contribution < -0.4 is 21.8 Å². The third kappa shape index (κ3) is 6.55. The molecule has 2 aliphatic heterocycles. The Hall–Kier alpha value is -2.14. The zero-order valence-electron chi connectivity index (χ0n) is 20.3. The van der Waals surface area contributed by atoms with E-state index in [1.54, 1.807) is 19.4 Å². The van der Waals surface area contributed by atoms with Crippen molar-refractivity contribution >= 4 is 34.6 Å². The molecule has 4 heterocycles. The maximum Gasteiger partial charge on any atom is 0.287 e.